The topological polar surface area (TPSA) is 67.2 Å². The summed E-state index contributed by atoms with van der Waals surface area (Å²) in [5.74, 6) is 0. The number of aryl methyl sites for hydroxylation is 1. The lowest BCUT2D eigenvalue weighted by Gasteiger charge is -2.07. The van der Waals surface area contributed by atoms with Crippen LogP contribution in [0.3, 0.4) is 0 Å². The summed E-state index contributed by atoms with van der Waals surface area (Å²) >= 11 is 0. The van der Waals surface area contributed by atoms with E-state index in [1.807, 2.05) is 31.2 Å². The second kappa shape index (κ2) is 6.85. The SMILES string of the molecule is Cc1ccc(NC(=O)NCCCCN)cc1. The van der Waals surface area contributed by atoms with Crippen molar-refractivity contribution in [3.8, 4) is 0 Å². The highest BCUT2D eigenvalue weighted by molar-refractivity contribution is 5.89. The molecule has 0 unspecified atom stereocenters. The van der Waals surface area contributed by atoms with Gasteiger partial charge in [-0.2, -0.15) is 0 Å². The number of anilines is 1. The van der Waals surface area contributed by atoms with E-state index in [0.717, 1.165) is 18.5 Å². The maximum absolute atomic E-state index is 11.4. The Morgan fingerprint density at radius 1 is 1.25 bits per heavy atom. The average Bonchev–Trinajstić information content (AvgIpc) is 2.28. The van der Waals surface area contributed by atoms with Gasteiger partial charge in [-0.1, -0.05) is 17.7 Å². The number of urea groups is 1. The number of benzene rings is 1. The summed E-state index contributed by atoms with van der Waals surface area (Å²) in [5, 5.41) is 5.54. The molecule has 16 heavy (non-hydrogen) atoms. The molecule has 0 atom stereocenters. The minimum atomic E-state index is -0.166. The number of hydrogen-bond donors (Lipinski definition) is 3. The van der Waals surface area contributed by atoms with Gasteiger partial charge in [0.1, 0.15) is 0 Å². The lowest BCUT2D eigenvalue weighted by Crippen LogP contribution is -2.29. The van der Waals surface area contributed by atoms with Gasteiger partial charge in [0.25, 0.3) is 0 Å². The summed E-state index contributed by atoms with van der Waals surface area (Å²) in [6.07, 6.45) is 1.85. The van der Waals surface area contributed by atoms with Gasteiger partial charge in [-0.15, -0.1) is 0 Å². The van der Waals surface area contributed by atoms with Crippen molar-refractivity contribution in [3.05, 3.63) is 29.8 Å². The van der Waals surface area contributed by atoms with Gasteiger partial charge in [0.2, 0.25) is 0 Å². The number of nitrogens with two attached hydrogens (primary N) is 1. The van der Waals surface area contributed by atoms with Gasteiger partial charge in [-0.3, -0.25) is 0 Å². The summed E-state index contributed by atoms with van der Waals surface area (Å²) in [4.78, 5) is 11.4. The monoisotopic (exact) mass is 221 g/mol. The van der Waals surface area contributed by atoms with Crippen LogP contribution in [-0.2, 0) is 0 Å². The van der Waals surface area contributed by atoms with Crippen molar-refractivity contribution < 1.29 is 4.79 Å². The quantitative estimate of drug-likeness (QED) is 0.664. The Hall–Kier alpha value is -1.55. The zero-order valence-corrected chi connectivity index (χ0v) is 9.62. The normalized spacial score (nSPS) is 9.88. The lowest BCUT2D eigenvalue weighted by molar-refractivity contribution is 0.252. The zero-order valence-electron chi connectivity index (χ0n) is 9.62. The van der Waals surface area contributed by atoms with Gasteiger partial charge in [0, 0.05) is 12.2 Å². The van der Waals surface area contributed by atoms with Crippen LogP contribution in [0.15, 0.2) is 24.3 Å². The van der Waals surface area contributed by atoms with Crippen LogP contribution in [0, 0.1) is 6.92 Å². The molecule has 0 bridgehead atoms. The first-order chi connectivity index (χ1) is 7.72. The molecular formula is C12H19N3O. The van der Waals surface area contributed by atoms with Crippen molar-refractivity contribution in [2.45, 2.75) is 19.8 Å². The van der Waals surface area contributed by atoms with Gasteiger partial charge in [-0.05, 0) is 38.4 Å². The van der Waals surface area contributed by atoms with Crippen molar-refractivity contribution in [2.24, 2.45) is 5.73 Å². The highest BCUT2D eigenvalue weighted by Crippen LogP contribution is 2.07. The maximum atomic E-state index is 11.4. The molecule has 0 aliphatic carbocycles. The molecule has 0 spiro atoms. The predicted molar refractivity (Wildman–Crippen MR) is 66.5 cm³/mol. The molecule has 1 aromatic rings. The van der Waals surface area contributed by atoms with Crippen LogP contribution in [0.4, 0.5) is 10.5 Å². The molecule has 0 aliphatic heterocycles. The van der Waals surface area contributed by atoms with Gasteiger partial charge in [-0.25, -0.2) is 4.79 Å². The molecule has 1 aromatic carbocycles. The Kier molecular flexibility index (Phi) is 5.36. The highest BCUT2D eigenvalue weighted by atomic mass is 16.2. The molecule has 0 saturated heterocycles. The van der Waals surface area contributed by atoms with Crippen LogP contribution >= 0.6 is 0 Å². The van der Waals surface area contributed by atoms with E-state index >= 15 is 0 Å². The average molecular weight is 221 g/mol. The summed E-state index contributed by atoms with van der Waals surface area (Å²) in [6, 6.07) is 7.53. The Balaban J connectivity index is 2.26. The molecule has 0 radical (unpaired) electrons. The van der Waals surface area contributed by atoms with Gasteiger partial charge >= 0.3 is 6.03 Å². The van der Waals surface area contributed by atoms with E-state index in [1.54, 1.807) is 0 Å². The molecule has 4 heteroatoms. The van der Waals surface area contributed by atoms with Crippen molar-refractivity contribution >= 4 is 11.7 Å². The van der Waals surface area contributed by atoms with Crippen molar-refractivity contribution in [1.82, 2.24) is 5.32 Å². The van der Waals surface area contributed by atoms with Crippen LogP contribution < -0.4 is 16.4 Å². The van der Waals surface area contributed by atoms with Crippen molar-refractivity contribution in [1.29, 1.82) is 0 Å². The number of unbranched alkanes of at least 4 members (excludes halogenated alkanes) is 1. The first-order valence-electron chi connectivity index (χ1n) is 5.54. The number of rotatable bonds is 5. The summed E-state index contributed by atoms with van der Waals surface area (Å²) in [5.41, 5.74) is 7.34. The fraction of sp³-hybridized carbons (Fsp3) is 0.417. The third-order valence-electron chi connectivity index (χ3n) is 2.23. The Bertz CT molecular complexity index is 322. The minimum absolute atomic E-state index is 0.166. The summed E-state index contributed by atoms with van der Waals surface area (Å²) < 4.78 is 0. The second-order valence-electron chi connectivity index (χ2n) is 3.74. The molecule has 0 fully saturated rings. The van der Waals surface area contributed by atoms with Crippen LogP contribution in [0.5, 0.6) is 0 Å². The van der Waals surface area contributed by atoms with E-state index in [0.29, 0.717) is 13.1 Å². The molecule has 0 aromatic heterocycles. The van der Waals surface area contributed by atoms with Crippen molar-refractivity contribution in [2.75, 3.05) is 18.4 Å². The van der Waals surface area contributed by atoms with E-state index in [1.165, 1.54) is 5.56 Å². The van der Waals surface area contributed by atoms with E-state index in [2.05, 4.69) is 10.6 Å². The summed E-state index contributed by atoms with van der Waals surface area (Å²) in [7, 11) is 0. The van der Waals surface area contributed by atoms with Gasteiger partial charge in [0.15, 0.2) is 0 Å². The molecule has 2 amide bonds. The smallest absolute Gasteiger partial charge is 0.319 e. The molecular weight excluding hydrogens is 202 g/mol. The maximum Gasteiger partial charge on any atom is 0.319 e. The second-order valence-corrected chi connectivity index (χ2v) is 3.74. The van der Waals surface area contributed by atoms with E-state index in [-0.39, 0.29) is 6.03 Å². The number of hydrogen-bond acceptors (Lipinski definition) is 2. The van der Waals surface area contributed by atoms with Crippen LogP contribution in [0.25, 0.3) is 0 Å². The van der Waals surface area contributed by atoms with Crippen molar-refractivity contribution in [3.63, 3.8) is 0 Å². The standard InChI is InChI=1S/C12H19N3O/c1-10-4-6-11(7-5-10)15-12(16)14-9-3-2-8-13/h4-7H,2-3,8-9,13H2,1H3,(H2,14,15,16). The number of carbonyl (C=O) groups is 1. The molecule has 1 rings (SSSR count). The first-order valence-corrected chi connectivity index (χ1v) is 5.54. The molecule has 0 heterocycles. The van der Waals surface area contributed by atoms with Crippen LogP contribution in [0.2, 0.25) is 0 Å². The van der Waals surface area contributed by atoms with Crippen LogP contribution in [0.1, 0.15) is 18.4 Å². The third-order valence-corrected chi connectivity index (χ3v) is 2.23. The predicted octanol–water partition coefficient (Wildman–Crippen LogP) is 1.86. The summed E-state index contributed by atoms with van der Waals surface area (Å²) in [6.45, 7) is 3.34. The van der Waals surface area contributed by atoms with E-state index < -0.39 is 0 Å². The largest absolute Gasteiger partial charge is 0.338 e. The fourth-order valence-electron chi connectivity index (χ4n) is 1.28. The van der Waals surface area contributed by atoms with E-state index in [9.17, 15) is 4.79 Å². The lowest BCUT2D eigenvalue weighted by atomic mass is 10.2. The minimum Gasteiger partial charge on any atom is -0.338 e. The Labute approximate surface area is 96.2 Å². The number of nitrogens with one attached hydrogen (secondary N) is 2. The third kappa shape index (κ3) is 4.79. The Morgan fingerprint density at radius 2 is 1.94 bits per heavy atom. The van der Waals surface area contributed by atoms with Gasteiger partial charge < -0.3 is 16.4 Å². The highest BCUT2D eigenvalue weighted by Gasteiger charge is 1.99. The molecule has 4 nitrogen and oxygen atoms in total. The van der Waals surface area contributed by atoms with Crippen LogP contribution in [-0.4, -0.2) is 19.1 Å². The number of carbonyl (C=O) groups excluding carboxylic acids is 1. The first kappa shape index (κ1) is 12.5. The van der Waals surface area contributed by atoms with E-state index in [4.69, 9.17) is 5.73 Å². The zero-order chi connectivity index (χ0) is 11.8. The number of amides is 2. The molecule has 0 aliphatic rings. The molecule has 0 saturated carbocycles. The Morgan fingerprint density at radius 3 is 2.56 bits per heavy atom. The molecule has 88 valence electrons. The fourth-order valence-corrected chi connectivity index (χ4v) is 1.28. The van der Waals surface area contributed by atoms with Gasteiger partial charge in [0.05, 0.1) is 0 Å². The molecule has 4 N–H and O–H groups in total.